The summed E-state index contributed by atoms with van der Waals surface area (Å²) in [5.41, 5.74) is 7.51. The van der Waals surface area contributed by atoms with E-state index >= 15 is 0 Å². The van der Waals surface area contributed by atoms with Gasteiger partial charge < -0.3 is 15.0 Å². The maximum atomic E-state index is 13.1. The lowest BCUT2D eigenvalue weighted by Crippen LogP contribution is -2.35. The van der Waals surface area contributed by atoms with Gasteiger partial charge in [-0.15, -0.1) is 0 Å². The molecular formula is C30H31N3O2. The fraction of sp³-hybridized carbons (Fsp3) is 0.333. The van der Waals surface area contributed by atoms with Crippen LogP contribution in [0.4, 0.5) is 0 Å². The Kier molecular flexibility index (Phi) is 5.65. The zero-order valence-corrected chi connectivity index (χ0v) is 20.4. The predicted molar refractivity (Wildman–Crippen MR) is 139 cm³/mol. The fourth-order valence-corrected chi connectivity index (χ4v) is 5.95. The average molecular weight is 466 g/mol. The SMILES string of the molecule is CCN(CC)C(=O)c1ccc2c(c1)Oc1c(cccc1-c1ccccn1)C2=C1CC2CCC(C1)N2. The highest BCUT2D eigenvalue weighted by Gasteiger charge is 2.35. The van der Waals surface area contributed by atoms with Crippen LogP contribution in [0.2, 0.25) is 0 Å². The van der Waals surface area contributed by atoms with Crippen LogP contribution in [0.1, 0.15) is 61.0 Å². The van der Waals surface area contributed by atoms with Crippen molar-refractivity contribution in [1.29, 1.82) is 0 Å². The predicted octanol–water partition coefficient (Wildman–Crippen LogP) is 6.05. The minimum Gasteiger partial charge on any atom is -0.455 e. The lowest BCUT2D eigenvalue weighted by molar-refractivity contribution is 0.0772. The van der Waals surface area contributed by atoms with Crippen molar-refractivity contribution >= 4 is 11.5 Å². The molecule has 1 aromatic heterocycles. The molecule has 178 valence electrons. The number of nitrogens with zero attached hydrogens (tertiary/aromatic N) is 2. The van der Waals surface area contributed by atoms with Gasteiger partial charge in [0.1, 0.15) is 11.5 Å². The van der Waals surface area contributed by atoms with Crippen molar-refractivity contribution in [2.45, 2.75) is 51.6 Å². The van der Waals surface area contributed by atoms with Gasteiger partial charge in [-0.3, -0.25) is 9.78 Å². The van der Waals surface area contributed by atoms with Crippen LogP contribution in [0.3, 0.4) is 0 Å². The third-order valence-corrected chi connectivity index (χ3v) is 7.66. The number of aromatic nitrogens is 1. The second-order valence-electron chi connectivity index (χ2n) is 9.71. The second kappa shape index (κ2) is 8.97. The van der Waals surface area contributed by atoms with Crippen molar-refractivity contribution in [3.05, 3.63) is 83.1 Å². The number of benzene rings is 2. The van der Waals surface area contributed by atoms with E-state index in [1.54, 1.807) is 0 Å². The molecule has 0 saturated carbocycles. The van der Waals surface area contributed by atoms with Gasteiger partial charge in [0.15, 0.2) is 0 Å². The number of carbonyl (C=O) groups is 1. The molecule has 0 aliphatic carbocycles. The average Bonchev–Trinajstić information content (AvgIpc) is 3.24. The Bertz CT molecular complexity index is 1300. The molecular weight excluding hydrogens is 434 g/mol. The number of hydrogen-bond acceptors (Lipinski definition) is 4. The molecule has 6 rings (SSSR count). The number of piperidine rings is 1. The molecule has 2 fully saturated rings. The van der Waals surface area contributed by atoms with E-state index in [4.69, 9.17) is 4.74 Å². The monoisotopic (exact) mass is 465 g/mol. The van der Waals surface area contributed by atoms with Crippen LogP contribution >= 0.6 is 0 Å². The Balaban J connectivity index is 1.53. The van der Waals surface area contributed by atoms with Crippen LogP contribution in [0, 0.1) is 0 Å². The molecule has 4 heterocycles. The van der Waals surface area contributed by atoms with E-state index < -0.39 is 0 Å². The molecule has 2 unspecified atom stereocenters. The highest BCUT2D eigenvalue weighted by molar-refractivity contribution is 5.98. The normalized spacial score (nSPS) is 20.2. The molecule has 2 bridgehead atoms. The molecule has 5 heteroatoms. The Labute approximate surface area is 206 Å². The van der Waals surface area contributed by atoms with E-state index in [0.717, 1.165) is 46.7 Å². The van der Waals surface area contributed by atoms with Crippen molar-refractivity contribution in [3.63, 3.8) is 0 Å². The van der Waals surface area contributed by atoms with Gasteiger partial charge in [-0.2, -0.15) is 0 Å². The van der Waals surface area contributed by atoms with Gasteiger partial charge in [-0.25, -0.2) is 0 Å². The van der Waals surface area contributed by atoms with Gasteiger partial charge in [0.25, 0.3) is 5.91 Å². The summed E-state index contributed by atoms with van der Waals surface area (Å²) in [6.07, 6.45) is 6.40. The van der Waals surface area contributed by atoms with Crippen molar-refractivity contribution in [3.8, 4) is 22.8 Å². The Morgan fingerprint density at radius 3 is 2.46 bits per heavy atom. The summed E-state index contributed by atoms with van der Waals surface area (Å²) in [4.78, 5) is 19.6. The number of rotatable bonds is 4. The van der Waals surface area contributed by atoms with Crippen molar-refractivity contribution in [1.82, 2.24) is 15.2 Å². The van der Waals surface area contributed by atoms with Gasteiger partial charge in [0.2, 0.25) is 0 Å². The maximum Gasteiger partial charge on any atom is 0.253 e. The number of nitrogens with one attached hydrogen (secondary N) is 1. The van der Waals surface area contributed by atoms with E-state index in [9.17, 15) is 4.79 Å². The number of carbonyl (C=O) groups excluding carboxylic acids is 1. The zero-order chi connectivity index (χ0) is 23.9. The summed E-state index contributed by atoms with van der Waals surface area (Å²) in [6, 6.07) is 19.4. The maximum absolute atomic E-state index is 13.1. The molecule has 2 saturated heterocycles. The molecule has 0 radical (unpaired) electrons. The third-order valence-electron chi connectivity index (χ3n) is 7.66. The number of amides is 1. The lowest BCUT2D eigenvalue weighted by Gasteiger charge is -2.31. The summed E-state index contributed by atoms with van der Waals surface area (Å²) < 4.78 is 6.63. The fourth-order valence-electron chi connectivity index (χ4n) is 5.95. The first-order chi connectivity index (χ1) is 17.2. The molecule has 3 aliphatic heterocycles. The van der Waals surface area contributed by atoms with Crippen LogP contribution in [0.15, 0.2) is 66.4 Å². The highest BCUT2D eigenvalue weighted by Crippen LogP contribution is 2.51. The molecule has 3 aliphatic rings. The topological polar surface area (TPSA) is 54.5 Å². The first kappa shape index (κ1) is 22.1. The van der Waals surface area contributed by atoms with Crippen LogP contribution in [0.25, 0.3) is 16.8 Å². The Hall–Kier alpha value is -3.44. The quantitative estimate of drug-likeness (QED) is 0.398. The van der Waals surface area contributed by atoms with E-state index in [1.165, 1.54) is 24.0 Å². The number of para-hydroxylation sites is 1. The van der Waals surface area contributed by atoms with Crippen molar-refractivity contribution < 1.29 is 9.53 Å². The summed E-state index contributed by atoms with van der Waals surface area (Å²) in [5, 5.41) is 3.77. The van der Waals surface area contributed by atoms with Gasteiger partial charge in [0.05, 0.1) is 5.69 Å². The molecule has 3 aromatic rings. The molecule has 2 atom stereocenters. The highest BCUT2D eigenvalue weighted by atomic mass is 16.5. The van der Waals surface area contributed by atoms with Gasteiger partial charge in [0, 0.05) is 53.6 Å². The van der Waals surface area contributed by atoms with E-state index in [0.29, 0.717) is 30.7 Å². The molecule has 5 nitrogen and oxygen atoms in total. The third kappa shape index (κ3) is 3.84. The molecule has 1 N–H and O–H groups in total. The zero-order valence-electron chi connectivity index (χ0n) is 20.4. The van der Waals surface area contributed by atoms with E-state index in [1.807, 2.05) is 55.3 Å². The van der Waals surface area contributed by atoms with Crippen LogP contribution < -0.4 is 10.1 Å². The summed E-state index contributed by atoms with van der Waals surface area (Å²) >= 11 is 0. The van der Waals surface area contributed by atoms with E-state index in [-0.39, 0.29) is 5.91 Å². The summed E-state index contributed by atoms with van der Waals surface area (Å²) in [7, 11) is 0. The molecule has 1 amide bonds. The van der Waals surface area contributed by atoms with Crippen LogP contribution in [-0.4, -0.2) is 41.0 Å². The summed E-state index contributed by atoms with van der Waals surface area (Å²) in [5.74, 6) is 1.63. The van der Waals surface area contributed by atoms with Gasteiger partial charge >= 0.3 is 0 Å². The van der Waals surface area contributed by atoms with Gasteiger partial charge in [-0.05, 0) is 81.5 Å². The van der Waals surface area contributed by atoms with Gasteiger partial charge in [-0.1, -0.05) is 23.8 Å². The van der Waals surface area contributed by atoms with Crippen molar-refractivity contribution in [2.75, 3.05) is 13.1 Å². The van der Waals surface area contributed by atoms with Crippen LogP contribution in [-0.2, 0) is 0 Å². The number of pyridine rings is 1. The second-order valence-corrected chi connectivity index (χ2v) is 9.71. The summed E-state index contributed by atoms with van der Waals surface area (Å²) in [6.45, 7) is 5.40. The Morgan fingerprint density at radius 2 is 1.74 bits per heavy atom. The first-order valence-corrected chi connectivity index (χ1v) is 12.8. The lowest BCUT2D eigenvalue weighted by atomic mass is 9.83. The minimum absolute atomic E-state index is 0.0410. The molecule has 2 aromatic carbocycles. The standard InChI is InChI=1S/C30H31N3O2/c1-3-33(4-2)30(34)19-11-14-24-27(18-19)35-29-23(26-10-5-6-15-31-26)8-7-9-25(29)28(24)20-16-21-12-13-22(17-20)32-21/h5-11,14-15,18,21-22,32H,3-4,12-13,16-17H2,1-2H3. The van der Waals surface area contributed by atoms with Crippen molar-refractivity contribution in [2.24, 2.45) is 0 Å². The number of ether oxygens (including phenoxy) is 1. The number of hydrogen-bond donors (Lipinski definition) is 1. The first-order valence-electron chi connectivity index (χ1n) is 12.8. The molecule has 0 spiro atoms. The Morgan fingerprint density at radius 1 is 0.971 bits per heavy atom. The van der Waals surface area contributed by atoms with E-state index in [2.05, 4.69) is 34.6 Å². The largest absolute Gasteiger partial charge is 0.455 e. The smallest absolute Gasteiger partial charge is 0.253 e. The minimum atomic E-state index is 0.0410. The van der Waals surface area contributed by atoms with Crippen LogP contribution in [0.5, 0.6) is 11.5 Å². The molecule has 35 heavy (non-hydrogen) atoms. The number of fused-ring (bicyclic) bond motifs is 4.